The fraction of sp³-hybridized carbons (Fsp3) is 0.722. The largest absolute Gasteiger partial charge is 0.353 e. The second-order valence-electron chi connectivity index (χ2n) is 7.06. The van der Waals surface area contributed by atoms with Gasteiger partial charge in [0.25, 0.3) is 0 Å². The third kappa shape index (κ3) is 3.08. The number of nitrogens with two attached hydrogens (primary N) is 1. The average Bonchev–Trinajstić information content (AvgIpc) is 2.53. The molecule has 2 fully saturated rings. The zero-order valence-electron chi connectivity index (χ0n) is 13.5. The van der Waals surface area contributed by atoms with E-state index >= 15 is 0 Å². The molecule has 1 saturated carbocycles. The topological polar surface area (TPSA) is 42.1 Å². The van der Waals surface area contributed by atoms with Crippen LogP contribution in [0.2, 0.25) is 0 Å². The Kier molecular flexibility index (Phi) is 4.48. The highest BCUT2D eigenvalue weighted by Gasteiger charge is 2.34. The minimum atomic E-state index is 0.460. The molecule has 2 aliphatic rings. The summed E-state index contributed by atoms with van der Waals surface area (Å²) in [7, 11) is 0. The van der Waals surface area contributed by atoms with E-state index in [1.54, 1.807) is 0 Å². The smallest absolute Gasteiger partial charge is 0.129 e. The summed E-state index contributed by atoms with van der Waals surface area (Å²) in [5, 5.41) is 0. The molecule has 1 aliphatic carbocycles. The summed E-state index contributed by atoms with van der Waals surface area (Å²) in [5.41, 5.74) is 8.31. The van der Waals surface area contributed by atoms with Gasteiger partial charge in [-0.05, 0) is 55.2 Å². The molecular weight excluding hydrogens is 258 g/mol. The van der Waals surface area contributed by atoms with Crippen molar-refractivity contribution in [1.82, 2.24) is 4.98 Å². The molecular formula is C18H29N3. The average molecular weight is 287 g/mol. The molecule has 1 aromatic rings. The van der Waals surface area contributed by atoms with Gasteiger partial charge in [-0.3, -0.25) is 0 Å². The van der Waals surface area contributed by atoms with Crippen molar-refractivity contribution >= 4 is 5.82 Å². The molecule has 2 N–H and O–H groups in total. The van der Waals surface area contributed by atoms with Gasteiger partial charge in [-0.1, -0.05) is 26.7 Å². The van der Waals surface area contributed by atoms with Gasteiger partial charge < -0.3 is 10.6 Å². The van der Waals surface area contributed by atoms with E-state index < -0.39 is 0 Å². The third-order valence-electron chi connectivity index (χ3n) is 5.26. The van der Waals surface area contributed by atoms with Gasteiger partial charge in [0, 0.05) is 24.8 Å². The summed E-state index contributed by atoms with van der Waals surface area (Å²) in [6.07, 6.45) is 8.28. The van der Waals surface area contributed by atoms with Crippen LogP contribution in [0, 0.1) is 5.92 Å². The summed E-state index contributed by atoms with van der Waals surface area (Å²) in [5.74, 6) is 2.53. The van der Waals surface area contributed by atoms with Gasteiger partial charge in [-0.25, -0.2) is 4.98 Å². The predicted octanol–water partition coefficient (Wildman–Crippen LogP) is 3.82. The molecule has 1 aliphatic heterocycles. The van der Waals surface area contributed by atoms with E-state index in [-0.39, 0.29) is 0 Å². The number of rotatable bonds is 3. The number of pyridine rings is 1. The second-order valence-corrected chi connectivity index (χ2v) is 7.06. The fourth-order valence-electron chi connectivity index (χ4n) is 4.06. The van der Waals surface area contributed by atoms with Crippen LogP contribution in [0.4, 0.5) is 5.82 Å². The lowest BCUT2D eigenvalue weighted by Gasteiger charge is -2.45. The van der Waals surface area contributed by atoms with E-state index in [9.17, 15) is 0 Å². The number of hydrogen-bond acceptors (Lipinski definition) is 3. The van der Waals surface area contributed by atoms with Gasteiger partial charge in [-0.2, -0.15) is 0 Å². The van der Waals surface area contributed by atoms with Crippen LogP contribution in [0.1, 0.15) is 69.5 Å². The van der Waals surface area contributed by atoms with Crippen LogP contribution in [0.25, 0.3) is 0 Å². The highest BCUT2D eigenvalue weighted by atomic mass is 15.2. The predicted molar refractivity (Wildman–Crippen MR) is 88.5 cm³/mol. The molecule has 3 nitrogen and oxygen atoms in total. The van der Waals surface area contributed by atoms with Crippen molar-refractivity contribution in [3.05, 3.63) is 23.4 Å². The van der Waals surface area contributed by atoms with Crippen LogP contribution in [0.3, 0.4) is 0 Å². The van der Waals surface area contributed by atoms with Crippen molar-refractivity contribution in [2.75, 3.05) is 11.4 Å². The molecule has 3 rings (SSSR count). The third-order valence-corrected chi connectivity index (χ3v) is 5.26. The first kappa shape index (κ1) is 14.8. The minimum absolute atomic E-state index is 0.460. The first-order valence-corrected chi connectivity index (χ1v) is 8.66. The molecule has 1 saturated heterocycles. The van der Waals surface area contributed by atoms with Crippen molar-refractivity contribution in [2.45, 2.75) is 70.9 Å². The summed E-state index contributed by atoms with van der Waals surface area (Å²) in [6.45, 7) is 6.20. The van der Waals surface area contributed by atoms with Crippen molar-refractivity contribution in [1.29, 1.82) is 0 Å². The first-order chi connectivity index (χ1) is 10.2. The number of fused-ring (bicyclic) bond motifs is 1. The lowest BCUT2D eigenvalue weighted by atomic mass is 9.78. The van der Waals surface area contributed by atoms with Gasteiger partial charge in [0.15, 0.2) is 0 Å². The summed E-state index contributed by atoms with van der Waals surface area (Å²) in [4.78, 5) is 7.56. The monoisotopic (exact) mass is 287 g/mol. The maximum absolute atomic E-state index is 5.90. The summed E-state index contributed by atoms with van der Waals surface area (Å²) in [6, 6.07) is 5.12. The van der Waals surface area contributed by atoms with Crippen LogP contribution in [-0.2, 0) is 6.54 Å². The number of hydrogen-bond donors (Lipinski definition) is 1. The molecule has 0 bridgehead atoms. The maximum Gasteiger partial charge on any atom is 0.129 e. The first-order valence-electron chi connectivity index (χ1n) is 8.66. The van der Waals surface area contributed by atoms with Crippen LogP contribution in [0.15, 0.2) is 12.1 Å². The van der Waals surface area contributed by atoms with Crippen molar-refractivity contribution in [3.8, 4) is 0 Å². The van der Waals surface area contributed by atoms with E-state index in [0.717, 1.165) is 5.92 Å². The maximum atomic E-state index is 5.90. The highest BCUT2D eigenvalue weighted by molar-refractivity contribution is 5.45. The van der Waals surface area contributed by atoms with Crippen LogP contribution in [0.5, 0.6) is 0 Å². The molecule has 3 heteroatoms. The van der Waals surface area contributed by atoms with Crippen LogP contribution >= 0.6 is 0 Å². The summed E-state index contributed by atoms with van der Waals surface area (Å²) >= 11 is 0. The van der Waals surface area contributed by atoms with Gasteiger partial charge in [0.05, 0.1) is 0 Å². The molecule has 0 unspecified atom stereocenters. The molecule has 0 amide bonds. The normalized spacial score (nSPS) is 26.0. The number of piperidine rings is 1. The Morgan fingerprint density at radius 2 is 1.95 bits per heavy atom. The highest BCUT2D eigenvalue weighted by Crippen LogP contribution is 2.37. The van der Waals surface area contributed by atoms with Crippen molar-refractivity contribution in [3.63, 3.8) is 0 Å². The van der Waals surface area contributed by atoms with E-state index in [2.05, 4.69) is 30.9 Å². The minimum Gasteiger partial charge on any atom is -0.353 e. The zero-order valence-corrected chi connectivity index (χ0v) is 13.5. The number of aromatic nitrogens is 1. The van der Waals surface area contributed by atoms with Crippen molar-refractivity contribution < 1.29 is 0 Å². The molecule has 2 atom stereocenters. The Hall–Kier alpha value is -1.09. The lowest BCUT2D eigenvalue weighted by Crippen LogP contribution is -2.47. The Morgan fingerprint density at radius 1 is 1.19 bits per heavy atom. The Balaban J connectivity index is 1.92. The zero-order chi connectivity index (χ0) is 14.8. The molecule has 2 heterocycles. The Morgan fingerprint density at radius 3 is 2.71 bits per heavy atom. The summed E-state index contributed by atoms with van der Waals surface area (Å²) < 4.78 is 0. The van der Waals surface area contributed by atoms with Gasteiger partial charge in [-0.15, -0.1) is 0 Å². The van der Waals surface area contributed by atoms with Gasteiger partial charge >= 0.3 is 0 Å². The molecule has 0 spiro atoms. The standard InChI is InChI=1S/C18H29N3/c1-13(2)16-10-14(12-19)11-18(20-16)21-9-5-7-15-6-3-4-8-17(15)21/h10-11,13,15,17H,3-9,12,19H2,1-2H3/t15-,17-/m1/s1. The van der Waals surface area contributed by atoms with E-state index in [1.165, 1.54) is 62.1 Å². The van der Waals surface area contributed by atoms with Gasteiger partial charge in [0.1, 0.15) is 5.82 Å². The number of anilines is 1. The Labute approximate surface area is 128 Å². The SMILES string of the molecule is CC(C)c1cc(CN)cc(N2CCC[C@H]3CCCC[C@H]32)n1. The second kappa shape index (κ2) is 6.35. The Bertz CT molecular complexity index is 481. The van der Waals surface area contributed by atoms with Crippen LogP contribution in [-0.4, -0.2) is 17.6 Å². The number of nitrogens with zero attached hydrogens (tertiary/aromatic N) is 2. The molecule has 0 radical (unpaired) electrons. The molecule has 116 valence electrons. The van der Waals surface area contributed by atoms with E-state index in [4.69, 9.17) is 10.7 Å². The lowest BCUT2D eigenvalue weighted by molar-refractivity contribution is 0.242. The van der Waals surface area contributed by atoms with Crippen molar-refractivity contribution in [2.24, 2.45) is 11.7 Å². The van der Waals surface area contributed by atoms with E-state index in [0.29, 0.717) is 18.5 Å². The molecule has 21 heavy (non-hydrogen) atoms. The van der Waals surface area contributed by atoms with Gasteiger partial charge in [0.2, 0.25) is 0 Å². The quantitative estimate of drug-likeness (QED) is 0.919. The van der Waals surface area contributed by atoms with Crippen LogP contribution < -0.4 is 10.6 Å². The molecule has 1 aromatic heterocycles. The molecule has 0 aromatic carbocycles. The fourth-order valence-corrected chi connectivity index (χ4v) is 4.06. The van der Waals surface area contributed by atoms with E-state index in [1.807, 2.05) is 0 Å².